The zero-order valence-electron chi connectivity index (χ0n) is 22.5. The highest BCUT2D eigenvalue weighted by atomic mass is 32.1. The molecule has 0 atom stereocenters. The van der Waals surface area contributed by atoms with Gasteiger partial charge in [0.2, 0.25) is 5.85 Å². The number of hydrogen-bond acceptors (Lipinski definition) is 4. The fourth-order valence-corrected chi connectivity index (χ4v) is 4.86. The third-order valence-corrected chi connectivity index (χ3v) is 6.63. The van der Waals surface area contributed by atoms with Crippen LogP contribution in [-0.2, 0) is 7.05 Å². The lowest BCUT2D eigenvalue weighted by atomic mass is 10.0. The Labute approximate surface area is 232 Å². The van der Waals surface area contributed by atoms with E-state index in [1.165, 1.54) is 13.8 Å². The van der Waals surface area contributed by atoms with Gasteiger partial charge in [-0.1, -0.05) is 36.4 Å². The highest BCUT2D eigenvalue weighted by molar-refractivity contribution is 7.80. The Bertz CT molecular complexity index is 1700. The molecule has 39 heavy (non-hydrogen) atoms. The predicted molar refractivity (Wildman–Crippen MR) is 162 cm³/mol. The molecule has 0 aliphatic carbocycles. The number of alkyl halides is 1. The van der Waals surface area contributed by atoms with Crippen LogP contribution in [0.5, 0.6) is 5.75 Å². The molecule has 0 unspecified atom stereocenters. The summed E-state index contributed by atoms with van der Waals surface area (Å²) in [4.78, 5) is 0. The maximum atomic E-state index is 13.9. The van der Waals surface area contributed by atoms with Crippen molar-refractivity contribution in [2.24, 2.45) is 12.1 Å². The van der Waals surface area contributed by atoms with E-state index in [-0.39, 0.29) is 0 Å². The van der Waals surface area contributed by atoms with Gasteiger partial charge in [-0.3, -0.25) is 10.1 Å². The number of benzene rings is 4. The Morgan fingerprint density at radius 3 is 2.38 bits per heavy atom. The number of aryl methyl sites for hydroxylation is 3. The summed E-state index contributed by atoms with van der Waals surface area (Å²) in [5.74, 6) is -1.25. The fraction of sp³-hybridized carbons (Fsp3) is 0.194. The van der Waals surface area contributed by atoms with Crippen LogP contribution in [0.15, 0.2) is 77.9 Å². The van der Waals surface area contributed by atoms with E-state index >= 15 is 0 Å². The molecule has 0 bridgehead atoms. The first kappa shape index (κ1) is 26.3. The largest absolute Gasteiger partial charge is 0.459 e. The summed E-state index contributed by atoms with van der Waals surface area (Å²) in [5, 5.41) is 15.9. The van der Waals surface area contributed by atoms with Crippen LogP contribution in [0.4, 0.5) is 10.1 Å². The van der Waals surface area contributed by atoms with Gasteiger partial charge >= 0.3 is 0 Å². The molecular formula is C31H30FN5OS. The van der Waals surface area contributed by atoms with Crippen molar-refractivity contribution >= 4 is 50.9 Å². The molecule has 0 aliphatic heterocycles. The van der Waals surface area contributed by atoms with Crippen molar-refractivity contribution in [1.29, 1.82) is 0 Å². The molecule has 0 saturated carbocycles. The first-order chi connectivity index (χ1) is 18.6. The molecule has 0 amide bonds. The third kappa shape index (κ3) is 5.76. The molecule has 2 N–H and O–H groups in total. The third-order valence-electron chi connectivity index (χ3n) is 6.43. The first-order valence-corrected chi connectivity index (χ1v) is 13.0. The summed E-state index contributed by atoms with van der Waals surface area (Å²) >= 11 is 5.42. The molecule has 0 radical (unpaired) electrons. The monoisotopic (exact) mass is 539 g/mol. The second-order valence-corrected chi connectivity index (χ2v) is 10.4. The fourth-order valence-electron chi connectivity index (χ4n) is 4.71. The Kier molecular flexibility index (Phi) is 7.06. The average Bonchev–Trinajstić information content (AvgIpc) is 3.22. The molecule has 0 saturated heterocycles. The lowest BCUT2D eigenvalue weighted by molar-refractivity contribution is -0.0256. The molecular weight excluding hydrogens is 509 g/mol. The van der Waals surface area contributed by atoms with Crippen LogP contribution in [0.1, 0.15) is 30.5 Å². The van der Waals surface area contributed by atoms with Crippen molar-refractivity contribution in [1.82, 2.24) is 15.2 Å². The van der Waals surface area contributed by atoms with Gasteiger partial charge in [0.05, 0.1) is 11.9 Å². The number of anilines is 1. The van der Waals surface area contributed by atoms with Crippen molar-refractivity contribution in [3.63, 3.8) is 0 Å². The summed E-state index contributed by atoms with van der Waals surface area (Å²) in [5.41, 5.74) is 9.94. The van der Waals surface area contributed by atoms with E-state index in [2.05, 4.69) is 40.1 Å². The topological polar surface area (TPSA) is 63.5 Å². The SMILES string of the molecule is Cc1cccc(C)c1NC(=S)N/N=C/c1ccc2c(ccc3c(-c4ccc(OC(C)(C)F)cc4)n(C)nc32)c1. The zero-order valence-corrected chi connectivity index (χ0v) is 23.4. The molecule has 1 heterocycles. The predicted octanol–water partition coefficient (Wildman–Crippen LogP) is 7.42. The number of aromatic nitrogens is 2. The second-order valence-electron chi connectivity index (χ2n) is 10.00. The van der Waals surface area contributed by atoms with Crippen LogP contribution < -0.4 is 15.5 Å². The number of nitrogens with one attached hydrogen (secondary N) is 2. The normalized spacial score (nSPS) is 11.8. The van der Waals surface area contributed by atoms with Gasteiger partial charge < -0.3 is 10.1 Å². The van der Waals surface area contributed by atoms with Gasteiger partial charge in [0.25, 0.3) is 0 Å². The minimum Gasteiger partial charge on any atom is -0.459 e. The quantitative estimate of drug-likeness (QED) is 0.134. The Hall–Kier alpha value is -4.30. The van der Waals surface area contributed by atoms with Crippen LogP contribution in [0.2, 0.25) is 0 Å². The van der Waals surface area contributed by atoms with Crippen molar-refractivity contribution in [2.45, 2.75) is 33.5 Å². The van der Waals surface area contributed by atoms with Crippen LogP contribution in [0, 0.1) is 13.8 Å². The molecule has 0 spiro atoms. The molecule has 5 aromatic rings. The Morgan fingerprint density at radius 1 is 1.00 bits per heavy atom. The van der Waals surface area contributed by atoms with Crippen molar-refractivity contribution in [2.75, 3.05) is 5.32 Å². The van der Waals surface area contributed by atoms with Crippen LogP contribution in [0.3, 0.4) is 0 Å². The Morgan fingerprint density at radius 2 is 1.69 bits per heavy atom. The number of hydrazone groups is 1. The highest BCUT2D eigenvalue weighted by Gasteiger charge is 2.18. The molecule has 8 heteroatoms. The standard InChI is InChI=1S/C31H30FN5OS/c1-19-7-6-8-20(2)27(19)34-30(39)35-33-18-21-9-15-25-23(17-21)12-16-26-28(25)36-37(5)29(26)22-10-13-24(14-11-22)38-31(3,4)32/h6-18H,1-5H3,(H2,34,35,39)/b33-18+. The molecule has 6 nitrogen and oxygen atoms in total. The minimum absolute atomic E-state index is 0.431. The summed E-state index contributed by atoms with van der Waals surface area (Å²) in [6.07, 6.45) is 1.74. The van der Waals surface area contributed by atoms with Gasteiger partial charge in [-0.05, 0) is 84.5 Å². The van der Waals surface area contributed by atoms with E-state index in [4.69, 9.17) is 22.1 Å². The maximum absolute atomic E-state index is 13.9. The maximum Gasteiger partial charge on any atom is 0.242 e. The van der Waals surface area contributed by atoms with Gasteiger partial charge in [0, 0.05) is 42.9 Å². The number of para-hydroxylation sites is 1. The van der Waals surface area contributed by atoms with E-state index in [9.17, 15) is 4.39 Å². The van der Waals surface area contributed by atoms with Crippen molar-refractivity contribution in [3.8, 4) is 17.0 Å². The highest BCUT2D eigenvalue weighted by Crippen LogP contribution is 2.34. The van der Waals surface area contributed by atoms with E-state index < -0.39 is 5.85 Å². The van der Waals surface area contributed by atoms with Crippen LogP contribution in [0.25, 0.3) is 32.9 Å². The summed E-state index contributed by atoms with van der Waals surface area (Å²) in [6.45, 7) is 6.85. The van der Waals surface area contributed by atoms with Crippen LogP contribution >= 0.6 is 12.2 Å². The molecule has 5 rings (SSSR count). The van der Waals surface area contributed by atoms with Gasteiger partial charge in [0.1, 0.15) is 11.3 Å². The van der Waals surface area contributed by atoms with E-state index in [0.717, 1.165) is 55.3 Å². The van der Waals surface area contributed by atoms with Gasteiger partial charge in [-0.25, -0.2) is 0 Å². The molecule has 198 valence electrons. The van der Waals surface area contributed by atoms with Crippen molar-refractivity contribution < 1.29 is 9.13 Å². The zero-order chi connectivity index (χ0) is 27.7. The smallest absolute Gasteiger partial charge is 0.242 e. The molecule has 0 fully saturated rings. The lowest BCUT2D eigenvalue weighted by Crippen LogP contribution is -2.24. The molecule has 0 aliphatic rings. The van der Waals surface area contributed by atoms with Crippen molar-refractivity contribution in [3.05, 3.63) is 89.5 Å². The van der Waals surface area contributed by atoms with E-state index in [1.807, 2.05) is 62.0 Å². The first-order valence-electron chi connectivity index (χ1n) is 12.6. The molecule has 4 aromatic carbocycles. The summed E-state index contributed by atoms with van der Waals surface area (Å²) in [7, 11) is 1.93. The van der Waals surface area contributed by atoms with Gasteiger partial charge in [-0.2, -0.15) is 14.6 Å². The summed E-state index contributed by atoms with van der Waals surface area (Å²) < 4.78 is 21.1. The van der Waals surface area contributed by atoms with E-state index in [1.54, 1.807) is 18.3 Å². The average molecular weight is 540 g/mol. The van der Waals surface area contributed by atoms with Gasteiger partial charge in [0.15, 0.2) is 5.11 Å². The summed E-state index contributed by atoms with van der Waals surface area (Å²) in [6, 6.07) is 23.8. The minimum atomic E-state index is -1.73. The number of rotatable bonds is 6. The number of thiocarbonyl (C=S) groups is 1. The number of nitrogens with zero attached hydrogens (tertiary/aromatic N) is 3. The number of hydrogen-bond donors (Lipinski definition) is 2. The van der Waals surface area contributed by atoms with Crippen LogP contribution in [-0.4, -0.2) is 27.0 Å². The van der Waals surface area contributed by atoms with E-state index in [0.29, 0.717) is 10.9 Å². The molecule has 1 aromatic heterocycles. The lowest BCUT2D eigenvalue weighted by Gasteiger charge is -2.17. The second kappa shape index (κ2) is 10.5. The Balaban J connectivity index is 1.36. The number of halogens is 1. The number of fused-ring (bicyclic) bond motifs is 3. The van der Waals surface area contributed by atoms with Gasteiger partial charge in [-0.15, -0.1) is 0 Å². The number of ether oxygens (including phenoxy) is 1.